The Bertz CT molecular complexity index is 86.9. The van der Waals surface area contributed by atoms with E-state index in [1.807, 2.05) is 6.08 Å². The average molecular weight is 128 g/mol. The van der Waals surface area contributed by atoms with E-state index in [9.17, 15) is 0 Å². The molecule has 52 valence electrons. The van der Waals surface area contributed by atoms with Gasteiger partial charge in [0.2, 0.25) is 0 Å². The first-order valence-corrected chi connectivity index (χ1v) is 3.36. The van der Waals surface area contributed by atoms with Crippen molar-refractivity contribution in [2.75, 3.05) is 19.7 Å². The molecule has 1 saturated heterocycles. The van der Waals surface area contributed by atoms with Crippen LogP contribution in [0.3, 0.4) is 0 Å². The lowest BCUT2D eigenvalue weighted by atomic mass is 10.3. The molecular formula is C7H13NO. The van der Waals surface area contributed by atoms with Gasteiger partial charge < -0.3 is 10.1 Å². The van der Waals surface area contributed by atoms with Crippen LogP contribution in [-0.4, -0.2) is 25.8 Å². The quantitative estimate of drug-likeness (QED) is 0.433. The third-order valence-corrected chi connectivity index (χ3v) is 1.43. The highest BCUT2D eigenvalue weighted by Crippen LogP contribution is 2.00. The highest BCUT2D eigenvalue weighted by molar-refractivity contribution is 4.76. The molecule has 1 rings (SSSR count). The minimum absolute atomic E-state index is 0.372. The lowest BCUT2D eigenvalue weighted by Crippen LogP contribution is -2.38. The van der Waals surface area contributed by atoms with Gasteiger partial charge in [0.15, 0.2) is 0 Å². The monoisotopic (exact) mass is 128 g/mol. The van der Waals surface area contributed by atoms with Gasteiger partial charge in [0, 0.05) is 13.1 Å². The van der Waals surface area contributed by atoms with Gasteiger partial charge in [0.25, 0.3) is 0 Å². The van der Waals surface area contributed by atoms with Gasteiger partial charge in [0.1, 0.15) is 0 Å². The van der Waals surface area contributed by atoms with E-state index in [0.717, 1.165) is 26.1 Å². The van der Waals surface area contributed by atoms with Gasteiger partial charge in [-0.2, -0.15) is 0 Å². The van der Waals surface area contributed by atoms with Crippen molar-refractivity contribution in [1.82, 2.24) is 5.32 Å². The summed E-state index contributed by atoms with van der Waals surface area (Å²) in [5, 5.41) is 3.25. The largest absolute Gasteiger partial charge is 0.375 e. The summed E-state index contributed by atoms with van der Waals surface area (Å²) in [6.45, 7) is 6.46. The van der Waals surface area contributed by atoms with Crippen molar-refractivity contribution in [3.8, 4) is 0 Å². The van der Waals surface area contributed by atoms with E-state index in [2.05, 4.69) is 11.9 Å². The molecule has 0 saturated carbocycles. The number of rotatable bonds is 2. The molecule has 1 heterocycles. The molecule has 0 aromatic carbocycles. The fourth-order valence-electron chi connectivity index (χ4n) is 0.957. The van der Waals surface area contributed by atoms with Crippen molar-refractivity contribution in [3.05, 3.63) is 12.7 Å². The van der Waals surface area contributed by atoms with Crippen LogP contribution in [0.5, 0.6) is 0 Å². The average Bonchev–Trinajstić information content (AvgIpc) is 1.91. The van der Waals surface area contributed by atoms with Crippen molar-refractivity contribution in [3.63, 3.8) is 0 Å². The van der Waals surface area contributed by atoms with Gasteiger partial charge in [-0.15, -0.1) is 6.58 Å². The summed E-state index contributed by atoms with van der Waals surface area (Å²) in [7, 11) is 0. The zero-order valence-electron chi connectivity index (χ0n) is 5.60. The molecule has 2 nitrogen and oxygen atoms in total. The molecule has 9 heavy (non-hydrogen) atoms. The summed E-state index contributed by atoms with van der Waals surface area (Å²) in [5.41, 5.74) is 0. The molecule has 0 aromatic rings. The predicted octanol–water partition coefficient (Wildman–Crippen LogP) is 0.551. The van der Waals surface area contributed by atoms with E-state index >= 15 is 0 Å². The molecule has 0 bridgehead atoms. The van der Waals surface area contributed by atoms with Crippen LogP contribution in [0.1, 0.15) is 6.42 Å². The van der Waals surface area contributed by atoms with Crippen LogP contribution in [-0.2, 0) is 4.74 Å². The summed E-state index contributed by atoms with van der Waals surface area (Å²) >= 11 is 0. The Hall–Kier alpha value is -0.340. The van der Waals surface area contributed by atoms with E-state index < -0.39 is 0 Å². The van der Waals surface area contributed by atoms with Gasteiger partial charge >= 0.3 is 0 Å². The lowest BCUT2D eigenvalue weighted by Gasteiger charge is -2.21. The number of nitrogens with one attached hydrogen (secondary N) is 1. The number of hydrogen-bond acceptors (Lipinski definition) is 2. The summed E-state index contributed by atoms with van der Waals surface area (Å²) < 4.78 is 5.38. The van der Waals surface area contributed by atoms with Crippen LogP contribution in [0, 0.1) is 0 Å². The molecule has 0 radical (unpaired) electrons. The second kappa shape index (κ2) is 3.64. The minimum Gasteiger partial charge on any atom is -0.375 e. The zero-order chi connectivity index (χ0) is 6.53. The fourth-order valence-corrected chi connectivity index (χ4v) is 0.957. The molecule has 1 aliphatic rings. The molecule has 1 atom stereocenters. The Balaban J connectivity index is 2.15. The minimum atomic E-state index is 0.372. The van der Waals surface area contributed by atoms with Crippen molar-refractivity contribution in [1.29, 1.82) is 0 Å². The lowest BCUT2D eigenvalue weighted by molar-refractivity contribution is 0.0309. The Morgan fingerprint density at radius 2 is 2.67 bits per heavy atom. The second-order valence-electron chi connectivity index (χ2n) is 2.22. The van der Waals surface area contributed by atoms with Crippen molar-refractivity contribution >= 4 is 0 Å². The molecule has 0 aliphatic carbocycles. The normalized spacial score (nSPS) is 27.8. The summed E-state index contributed by atoms with van der Waals surface area (Å²) in [6, 6.07) is 0. The van der Waals surface area contributed by atoms with Crippen LogP contribution >= 0.6 is 0 Å². The number of morpholine rings is 1. The van der Waals surface area contributed by atoms with Gasteiger partial charge in [0.05, 0.1) is 12.7 Å². The van der Waals surface area contributed by atoms with Crippen LogP contribution in [0.25, 0.3) is 0 Å². The summed E-state index contributed by atoms with van der Waals surface area (Å²) in [6.07, 6.45) is 3.24. The van der Waals surface area contributed by atoms with E-state index in [1.165, 1.54) is 0 Å². The van der Waals surface area contributed by atoms with Crippen molar-refractivity contribution in [2.45, 2.75) is 12.5 Å². The Morgan fingerprint density at radius 1 is 1.78 bits per heavy atom. The molecule has 1 aliphatic heterocycles. The summed E-state index contributed by atoms with van der Waals surface area (Å²) in [4.78, 5) is 0. The van der Waals surface area contributed by atoms with E-state index in [1.54, 1.807) is 0 Å². The topological polar surface area (TPSA) is 21.3 Å². The Labute approximate surface area is 55.9 Å². The van der Waals surface area contributed by atoms with Crippen LogP contribution in [0.4, 0.5) is 0 Å². The molecule has 1 N–H and O–H groups in total. The fraction of sp³-hybridized carbons (Fsp3) is 0.714. The highest BCUT2D eigenvalue weighted by Gasteiger charge is 2.09. The first-order valence-electron chi connectivity index (χ1n) is 3.36. The maximum Gasteiger partial charge on any atom is 0.0734 e. The van der Waals surface area contributed by atoms with Crippen LogP contribution < -0.4 is 5.32 Å². The Kier molecular flexibility index (Phi) is 2.74. The van der Waals surface area contributed by atoms with Crippen LogP contribution in [0.15, 0.2) is 12.7 Å². The first-order chi connectivity index (χ1) is 4.43. The van der Waals surface area contributed by atoms with E-state index in [4.69, 9.17) is 4.74 Å². The standard InChI is InChI=1S/C7H13NO/c1-2-3-7-6-8-4-5-9-7/h2,7-8H,1,3-6H2/i6+1. The smallest absolute Gasteiger partial charge is 0.0734 e. The number of ether oxygens (including phenoxy) is 1. The van der Waals surface area contributed by atoms with Gasteiger partial charge in [-0.3, -0.25) is 0 Å². The zero-order valence-corrected chi connectivity index (χ0v) is 5.60. The molecule has 1 unspecified atom stereocenters. The molecule has 1 fully saturated rings. The Morgan fingerprint density at radius 3 is 3.22 bits per heavy atom. The molecule has 2 heteroatoms. The molecular weight excluding hydrogens is 115 g/mol. The van der Waals surface area contributed by atoms with Gasteiger partial charge in [-0.1, -0.05) is 6.08 Å². The molecule has 0 aromatic heterocycles. The first kappa shape index (κ1) is 6.78. The second-order valence-corrected chi connectivity index (χ2v) is 2.22. The van der Waals surface area contributed by atoms with Crippen LogP contribution in [0.2, 0.25) is 0 Å². The SMILES string of the molecule is C=CCC1[13CH2]NCCO1. The molecule has 0 spiro atoms. The van der Waals surface area contributed by atoms with Gasteiger partial charge in [-0.25, -0.2) is 0 Å². The maximum atomic E-state index is 5.38. The third-order valence-electron chi connectivity index (χ3n) is 1.43. The molecule has 0 amide bonds. The van der Waals surface area contributed by atoms with Crippen molar-refractivity contribution in [2.24, 2.45) is 0 Å². The third kappa shape index (κ3) is 2.16. The maximum absolute atomic E-state index is 5.38. The predicted molar refractivity (Wildman–Crippen MR) is 37.4 cm³/mol. The van der Waals surface area contributed by atoms with E-state index in [0.29, 0.717) is 6.10 Å². The number of hydrogen-bond donors (Lipinski definition) is 1. The van der Waals surface area contributed by atoms with Crippen molar-refractivity contribution < 1.29 is 4.74 Å². The summed E-state index contributed by atoms with van der Waals surface area (Å²) in [5.74, 6) is 0. The highest BCUT2D eigenvalue weighted by atomic mass is 16.5. The van der Waals surface area contributed by atoms with Gasteiger partial charge in [-0.05, 0) is 6.42 Å². The van der Waals surface area contributed by atoms with E-state index in [-0.39, 0.29) is 0 Å².